The van der Waals surface area contributed by atoms with E-state index in [-0.39, 0.29) is 17.4 Å². The minimum Gasteiger partial charge on any atom is -0.352 e. The molecule has 2 atom stereocenters. The van der Waals surface area contributed by atoms with Crippen LogP contribution in [0.15, 0.2) is 24.3 Å². The standard InChI is InChI=1S/C15H20ClNO/c1-10(2)8-13-15(3,9-14(18)17-13)11-6-4-5-7-12(11)16/h4-7,10,13H,8-9H2,1-3H3,(H,17,18). The van der Waals surface area contributed by atoms with Crippen LogP contribution >= 0.6 is 11.6 Å². The molecule has 1 fully saturated rings. The molecule has 2 nitrogen and oxygen atoms in total. The Morgan fingerprint density at radius 2 is 2.11 bits per heavy atom. The van der Waals surface area contributed by atoms with Crippen molar-refractivity contribution in [3.63, 3.8) is 0 Å². The molecule has 1 N–H and O–H groups in total. The molecule has 1 saturated heterocycles. The fraction of sp³-hybridized carbons (Fsp3) is 0.533. The van der Waals surface area contributed by atoms with E-state index >= 15 is 0 Å². The lowest BCUT2D eigenvalue weighted by Gasteiger charge is -2.32. The maximum absolute atomic E-state index is 11.8. The Morgan fingerprint density at radius 1 is 1.44 bits per heavy atom. The van der Waals surface area contributed by atoms with Crippen molar-refractivity contribution in [1.29, 1.82) is 0 Å². The second kappa shape index (κ2) is 4.93. The molecule has 1 aromatic carbocycles. The van der Waals surface area contributed by atoms with E-state index in [4.69, 9.17) is 11.6 Å². The Labute approximate surface area is 114 Å². The molecule has 18 heavy (non-hydrogen) atoms. The van der Waals surface area contributed by atoms with Gasteiger partial charge in [-0.2, -0.15) is 0 Å². The fourth-order valence-corrected chi connectivity index (χ4v) is 3.21. The van der Waals surface area contributed by atoms with Crippen molar-refractivity contribution in [3.05, 3.63) is 34.9 Å². The first-order chi connectivity index (χ1) is 8.43. The van der Waals surface area contributed by atoms with E-state index in [9.17, 15) is 4.79 Å². The summed E-state index contributed by atoms with van der Waals surface area (Å²) in [5.41, 5.74) is 0.885. The Bertz CT molecular complexity index is 458. The maximum atomic E-state index is 11.8. The zero-order valence-corrected chi connectivity index (χ0v) is 11.9. The predicted molar refractivity (Wildman–Crippen MR) is 74.8 cm³/mol. The molecule has 0 spiro atoms. The highest BCUT2D eigenvalue weighted by molar-refractivity contribution is 6.31. The topological polar surface area (TPSA) is 29.1 Å². The Kier molecular flexibility index (Phi) is 3.67. The molecule has 0 saturated carbocycles. The van der Waals surface area contributed by atoms with Gasteiger partial charge in [0.25, 0.3) is 0 Å². The number of benzene rings is 1. The summed E-state index contributed by atoms with van der Waals surface area (Å²) >= 11 is 6.30. The van der Waals surface area contributed by atoms with Crippen LogP contribution in [0.2, 0.25) is 5.02 Å². The van der Waals surface area contributed by atoms with Crippen LogP contribution in [0.1, 0.15) is 39.2 Å². The molecule has 0 bridgehead atoms. The smallest absolute Gasteiger partial charge is 0.221 e. The summed E-state index contributed by atoms with van der Waals surface area (Å²) in [5.74, 6) is 0.679. The highest BCUT2D eigenvalue weighted by Gasteiger charge is 2.45. The third-order valence-corrected chi connectivity index (χ3v) is 4.16. The van der Waals surface area contributed by atoms with Gasteiger partial charge in [0.1, 0.15) is 0 Å². The van der Waals surface area contributed by atoms with Gasteiger partial charge >= 0.3 is 0 Å². The van der Waals surface area contributed by atoms with Crippen LogP contribution in [0.4, 0.5) is 0 Å². The van der Waals surface area contributed by atoms with Crippen LogP contribution in [0, 0.1) is 5.92 Å². The van der Waals surface area contributed by atoms with E-state index in [1.807, 2.05) is 24.3 Å². The van der Waals surface area contributed by atoms with Crippen molar-refractivity contribution >= 4 is 17.5 Å². The number of amides is 1. The van der Waals surface area contributed by atoms with E-state index < -0.39 is 0 Å². The normalized spacial score (nSPS) is 27.6. The van der Waals surface area contributed by atoms with Crippen LogP contribution in [0.25, 0.3) is 0 Å². The summed E-state index contributed by atoms with van der Waals surface area (Å²) in [4.78, 5) is 11.8. The lowest BCUT2D eigenvalue weighted by Crippen LogP contribution is -2.39. The molecule has 98 valence electrons. The number of nitrogens with one attached hydrogen (secondary N) is 1. The van der Waals surface area contributed by atoms with Gasteiger partial charge in [-0.3, -0.25) is 4.79 Å². The molecule has 1 amide bonds. The summed E-state index contributed by atoms with van der Waals surface area (Å²) in [6, 6.07) is 8.02. The van der Waals surface area contributed by atoms with Crippen LogP contribution in [-0.4, -0.2) is 11.9 Å². The summed E-state index contributed by atoms with van der Waals surface area (Å²) in [6.07, 6.45) is 1.50. The van der Waals surface area contributed by atoms with Gasteiger partial charge in [-0.25, -0.2) is 0 Å². The first-order valence-corrected chi connectivity index (χ1v) is 6.85. The van der Waals surface area contributed by atoms with Crippen molar-refractivity contribution in [2.45, 2.75) is 45.1 Å². The van der Waals surface area contributed by atoms with Crippen LogP contribution < -0.4 is 5.32 Å². The first-order valence-electron chi connectivity index (χ1n) is 6.48. The molecule has 0 aromatic heterocycles. The molecule has 2 unspecified atom stereocenters. The molecule has 0 radical (unpaired) electrons. The molecule has 1 aliphatic rings. The number of halogens is 1. The van der Waals surface area contributed by atoms with Crippen molar-refractivity contribution < 1.29 is 4.79 Å². The van der Waals surface area contributed by atoms with E-state index in [1.165, 1.54) is 0 Å². The molecule has 1 heterocycles. The van der Waals surface area contributed by atoms with Crippen molar-refractivity contribution in [2.75, 3.05) is 0 Å². The van der Waals surface area contributed by atoms with E-state index in [2.05, 4.69) is 26.1 Å². The van der Waals surface area contributed by atoms with Gasteiger partial charge in [0.15, 0.2) is 0 Å². The van der Waals surface area contributed by atoms with Gasteiger partial charge < -0.3 is 5.32 Å². The lowest BCUT2D eigenvalue weighted by atomic mass is 9.73. The third-order valence-electron chi connectivity index (χ3n) is 3.83. The van der Waals surface area contributed by atoms with Gasteiger partial charge in [0, 0.05) is 22.9 Å². The summed E-state index contributed by atoms with van der Waals surface area (Å²) < 4.78 is 0. The maximum Gasteiger partial charge on any atom is 0.221 e. The second-order valence-corrected chi connectivity index (χ2v) is 6.23. The van der Waals surface area contributed by atoms with Gasteiger partial charge in [-0.05, 0) is 24.0 Å². The number of carbonyl (C=O) groups excluding carboxylic acids is 1. The van der Waals surface area contributed by atoms with Crippen molar-refractivity contribution in [2.24, 2.45) is 5.92 Å². The number of carbonyl (C=O) groups is 1. The number of rotatable bonds is 3. The predicted octanol–water partition coefficient (Wildman–Crippen LogP) is 3.53. The molecule has 1 aliphatic heterocycles. The first kappa shape index (κ1) is 13.4. The quantitative estimate of drug-likeness (QED) is 0.890. The van der Waals surface area contributed by atoms with Gasteiger partial charge in [-0.1, -0.05) is 50.6 Å². The molecule has 1 aromatic rings. The molecular formula is C15H20ClNO. The SMILES string of the molecule is CC(C)CC1NC(=O)CC1(C)c1ccccc1Cl. The molecular weight excluding hydrogens is 246 g/mol. The average Bonchev–Trinajstić information content (AvgIpc) is 2.54. The highest BCUT2D eigenvalue weighted by Crippen LogP contribution is 2.41. The monoisotopic (exact) mass is 265 g/mol. The minimum absolute atomic E-state index is 0.128. The molecule has 0 aliphatic carbocycles. The fourth-order valence-electron chi connectivity index (χ4n) is 2.86. The Balaban J connectivity index is 2.38. The second-order valence-electron chi connectivity index (χ2n) is 5.82. The van der Waals surface area contributed by atoms with E-state index in [1.54, 1.807) is 0 Å². The van der Waals surface area contributed by atoms with Gasteiger partial charge in [0.2, 0.25) is 5.91 Å². The number of hydrogen-bond acceptors (Lipinski definition) is 1. The average molecular weight is 266 g/mol. The lowest BCUT2D eigenvalue weighted by molar-refractivity contribution is -0.119. The summed E-state index contributed by atoms with van der Waals surface area (Å²) in [6.45, 7) is 6.49. The Morgan fingerprint density at radius 3 is 2.72 bits per heavy atom. The van der Waals surface area contributed by atoms with Crippen molar-refractivity contribution in [3.8, 4) is 0 Å². The van der Waals surface area contributed by atoms with Crippen molar-refractivity contribution in [1.82, 2.24) is 5.32 Å². The summed E-state index contributed by atoms with van der Waals surface area (Å²) in [5, 5.41) is 3.86. The minimum atomic E-state index is -0.195. The van der Waals surface area contributed by atoms with Gasteiger partial charge in [-0.15, -0.1) is 0 Å². The highest BCUT2D eigenvalue weighted by atomic mass is 35.5. The molecule has 2 rings (SSSR count). The Hall–Kier alpha value is -1.02. The number of hydrogen-bond donors (Lipinski definition) is 1. The van der Waals surface area contributed by atoms with Crippen LogP contribution in [-0.2, 0) is 10.2 Å². The van der Waals surface area contributed by atoms with Gasteiger partial charge in [0.05, 0.1) is 0 Å². The zero-order valence-electron chi connectivity index (χ0n) is 11.2. The van der Waals surface area contributed by atoms with Crippen LogP contribution in [0.3, 0.4) is 0 Å². The molecule has 3 heteroatoms. The third kappa shape index (κ3) is 2.39. The van der Waals surface area contributed by atoms with E-state index in [0.29, 0.717) is 12.3 Å². The largest absolute Gasteiger partial charge is 0.352 e. The summed E-state index contributed by atoms with van der Waals surface area (Å²) in [7, 11) is 0. The van der Waals surface area contributed by atoms with E-state index in [0.717, 1.165) is 17.0 Å². The zero-order chi connectivity index (χ0) is 13.3. The van der Waals surface area contributed by atoms with Crippen LogP contribution in [0.5, 0.6) is 0 Å².